The molecule has 0 aliphatic rings. The van der Waals surface area contributed by atoms with Crippen LogP contribution in [0.2, 0.25) is 5.15 Å². The summed E-state index contributed by atoms with van der Waals surface area (Å²) in [6.45, 7) is 0. The largest absolute Gasteiger partial charge is 0.302 e. The second-order valence-corrected chi connectivity index (χ2v) is 3.01. The first-order chi connectivity index (χ1) is 6.20. The lowest BCUT2D eigenvalue weighted by molar-refractivity contribution is 0.842. The molecule has 0 N–H and O–H groups in total. The van der Waals surface area contributed by atoms with Gasteiger partial charge in [0, 0.05) is 13.2 Å². The van der Waals surface area contributed by atoms with Crippen LogP contribution in [-0.2, 0) is 7.05 Å². The zero-order valence-electron chi connectivity index (χ0n) is 6.86. The Kier molecular flexibility index (Phi) is 1.77. The van der Waals surface area contributed by atoms with Crippen molar-refractivity contribution < 1.29 is 0 Å². The van der Waals surface area contributed by atoms with Gasteiger partial charge < -0.3 is 4.57 Å². The molecule has 0 bridgehead atoms. The number of nitrogens with zero attached hydrogens (tertiary/aromatic N) is 3. The van der Waals surface area contributed by atoms with Gasteiger partial charge in [-0.1, -0.05) is 11.6 Å². The van der Waals surface area contributed by atoms with E-state index in [0.717, 1.165) is 0 Å². The van der Waals surface area contributed by atoms with E-state index in [9.17, 15) is 4.79 Å². The molecule has 2 rings (SSSR count). The smallest absolute Gasteiger partial charge is 0.264 e. The monoisotopic (exact) mass is 195 g/mol. The number of aryl methyl sites for hydroxylation is 1. The van der Waals surface area contributed by atoms with Crippen LogP contribution < -0.4 is 5.56 Å². The van der Waals surface area contributed by atoms with Crippen molar-refractivity contribution >= 4 is 22.5 Å². The molecule has 2 aromatic heterocycles. The lowest BCUT2D eigenvalue weighted by Gasteiger charge is -1.99. The maximum absolute atomic E-state index is 11.5. The maximum Gasteiger partial charge on any atom is 0.264 e. The predicted molar refractivity (Wildman–Crippen MR) is 49.8 cm³/mol. The lowest BCUT2D eigenvalue weighted by atomic mass is 10.3. The molecule has 0 aliphatic heterocycles. The Labute approximate surface area is 78.8 Å². The third-order valence-corrected chi connectivity index (χ3v) is 2.07. The van der Waals surface area contributed by atoms with Gasteiger partial charge in [-0.05, 0) is 6.07 Å². The van der Waals surface area contributed by atoms with Gasteiger partial charge in [-0.2, -0.15) is 0 Å². The van der Waals surface area contributed by atoms with Crippen molar-refractivity contribution in [3.63, 3.8) is 0 Å². The summed E-state index contributed by atoms with van der Waals surface area (Å²) in [5, 5.41) is 0.570. The normalized spacial score (nSPS) is 10.6. The number of hydrogen-bond acceptors (Lipinski definition) is 3. The van der Waals surface area contributed by atoms with E-state index in [0.29, 0.717) is 10.9 Å². The molecule has 0 aromatic carbocycles. The number of aromatic nitrogens is 3. The highest BCUT2D eigenvalue weighted by Gasteiger charge is 2.05. The first kappa shape index (κ1) is 8.19. The van der Waals surface area contributed by atoms with E-state index in [2.05, 4.69) is 9.97 Å². The Hall–Kier alpha value is -1.42. The van der Waals surface area contributed by atoms with Crippen molar-refractivity contribution in [1.82, 2.24) is 14.5 Å². The maximum atomic E-state index is 11.5. The molecule has 0 unspecified atom stereocenters. The number of hydrogen-bond donors (Lipinski definition) is 0. The molecule has 2 heterocycles. The van der Waals surface area contributed by atoms with Crippen LogP contribution in [0.15, 0.2) is 23.4 Å². The summed E-state index contributed by atoms with van der Waals surface area (Å²) in [6.07, 6.45) is 2.98. The van der Waals surface area contributed by atoms with Crippen LogP contribution in [0.25, 0.3) is 10.9 Å². The molecule has 0 fully saturated rings. The molecular weight excluding hydrogens is 190 g/mol. The molecular formula is C8H6ClN3O. The highest BCUT2D eigenvalue weighted by atomic mass is 35.5. The third kappa shape index (κ3) is 1.19. The molecule has 0 saturated carbocycles. The lowest BCUT2D eigenvalue weighted by Crippen LogP contribution is -2.17. The van der Waals surface area contributed by atoms with Gasteiger partial charge in [0.25, 0.3) is 5.56 Å². The van der Waals surface area contributed by atoms with Crippen molar-refractivity contribution in [2.24, 2.45) is 7.05 Å². The molecule has 0 atom stereocenters. The average Bonchev–Trinajstić information content (AvgIpc) is 2.12. The van der Waals surface area contributed by atoms with Gasteiger partial charge in [0.1, 0.15) is 10.5 Å². The van der Waals surface area contributed by atoms with Crippen LogP contribution >= 0.6 is 11.6 Å². The van der Waals surface area contributed by atoms with Crippen LogP contribution in [-0.4, -0.2) is 14.5 Å². The summed E-state index contributed by atoms with van der Waals surface area (Å²) in [7, 11) is 1.62. The van der Waals surface area contributed by atoms with E-state index in [1.54, 1.807) is 13.1 Å². The minimum Gasteiger partial charge on any atom is -0.302 e. The Morgan fingerprint density at radius 1 is 1.46 bits per heavy atom. The fourth-order valence-corrected chi connectivity index (χ4v) is 1.34. The minimum atomic E-state index is -0.178. The summed E-state index contributed by atoms with van der Waals surface area (Å²) < 4.78 is 1.37. The van der Waals surface area contributed by atoms with Crippen molar-refractivity contribution in [2.45, 2.75) is 0 Å². The molecule has 0 spiro atoms. The molecule has 2 aromatic rings. The highest BCUT2D eigenvalue weighted by Crippen LogP contribution is 2.13. The molecule has 4 nitrogen and oxygen atoms in total. The zero-order valence-corrected chi connectivity index (χ0v) is 7.62. The van der Waals surface area contributed by atoms with Crippen LogP contribution in [0.4, 0.5) is 0 Å². The number of fused-ring (bicyclic) bond motifs is 1. The Balaban J connectivity index is 3.06. The first-order valence-corrected chi connectivity index (χ1v) is 4.04. The quantitative estimate of drug-likeness (QED) is 0.589. The van der Waals surface area contributed by atoms with E-state index < -0.39 is 0 Å². The second-order valence-electron chi connectivity index (χ2n) is 2.66. The summed E-state index contributed by atoms with van der Waals surface area (Å²) in [6, 6.07) is 1.66. The van der Waals surface area contributed by atoms with Crippen LogP contribution in [0.5, 0.6) is 0 Å². The van der Waals surface area contributed by atoms with E-state index in [-0.39, 0.29) is 10.7 Å². The molecule has 66 valence electrons. The highest BCUT2D eigenvalue weighted by molar-refractivity contribution is 6.33. The van der Waals surface area contributed by atoms with Gasteiger partial charge in [-0.15, -0.1) is 0 Å². The van der Waals surface area contributed by atoms with Crippen molar-refractivity contribution in [3.05, 3.63) is 34.1 Å². The summed E-state index contributed by atoms with van der Waals surface area (Å²) in [5.41, 5.74) is 0.395. The van der Waals surface area contributed by atoms with Gasteiger partial charge in [0.05, 0.1) is 11.8 Å². The summed E-state index contributed by atoms with van der Waals surface area (Å²) >= 11 is 5.77. The number of rotatable bonds is 0. The van der Waals surface area contributed by atoms with Gasteiger partial charge in [-0.25, -0.2) is 9.97 Å². The van der Waals surface area contributed by atoms with Gasteiger partial charge in [0.2, 0.25) is 0 Å². The SMILES string of the molecule is Cn1cnc2ccnc(Cl)c2c1=O. The Morgan fingerprint density at radius 2 is 2.23 bits per heavy atom. The predicted octanol–water partition coefficient (Wildman–Crippen LogP) is 0.982. The third-order valence-electron chi connectivity index (χ3n) is 1.79. The second kappa shape index (κ2) is 2.81. The van der Waals surface area contributed by atoms with Gasteiger partial charge in [0.15, 0.2) is 0 Å². The molecule has 0 aliphatic carbocycles. The molecule has 13 heavy (non-hydrogen) atoms. The van der Waals surface area contributed by atoms with Crippen LogP contribution in [0, 0.1) is 0 Å². The Bertz CT molecular complexity index is 520. The summed E-state index contributed by atoms with van der Waals surface area (Å²) in [5.74, 6) is 0. The van der Waals surface area contributed by atoms with Gasteiger partial charge >= 0.3 is 0 Å². The van der Waals surface area contributed by atoms with Crippen molar-refractivity contribution in [2.75, 3.05) is 0 Å². The Morgan fingerprint density at radius 3 is 3.00 bits per heavy atom. The molecule has 0 saturated heterocycles. The van der Waals surface area contributed by atoms with E-state index in [1.165, 1.54) is 17.1 Å². The standard InChI is InChI=1S/C8H6ClN3O/c1-12-4-11-5-2-3-10-7(9)6(5)8(12)13/h2-4H,1H3. The van der Waals surface area contributed by atoms with E-state index in [4.69, 9.17) is 11.6 Å². The molecule has 5 heteroatoms. The van der Waals surface area contributed by atoms with Gasteiger partial charge in [-0.3, -0.25) is 4.79 Å². The van der Waals surface area contributed by atoms with Crippen LogP contribution in [0.1, 0.15) is 0 Å². The fourth-order valence-electron chi connectivity index (χ4n) is 1.11. The molecule has 0 amide bonds. The molecule has 0 radical (unpaired) electrons. The van der Waals surface area contributed by atoms with E-state index in [1.807, 2.05) is 0 Å². The number of halogens is 1. The fraction of sp³-hybridized carbons (Fsp3) is 0.125. The first-order valence-electron chi connectivity index (χ1n) is 3.66. The average molecular weight is 196 g/mol. The topological polar surface area (TPSA) is 47.8 Å². The minimum absolute atomic E-state index is 0.178. The van der Waals surface area contributed by atoms with E-state index >= 15 is 0 Å². The zero-order chi connectivity index (χ0) is 9.42. The number of pyridine rings is 1. The van der Waals surface area contributed by atoms with Crippen molar-refractivity contribution in [1.29, 1.82) is 0 Å². The van der Waals surface area contributed by atoms with Crippen molar-refractivity contribution in [3.8, 4) is 0 Å². The van der Waals surface area contributed by atoms with Crippen LogP contribution in [0.3, 0.4) is 0 Å². The summed E-state index contributed by atoms with van der Waals surface area (Å²) in [4.78, 5) is 19.4.